The van der Waals surface area contributed by atoms with Crippen LogP contribution < -0.4 is 5.32 Å². The molecule has 0 aromatic rings. The van der Waals surface area contributed by atoms with Crippen molar-refractivity contribution < 1.29 is 4.74 Å². The lowest BCUT2D eigenvalue weighted by atomic mass is 10.1. The molecule has 2 heteroatoms. The summed E-state index contributed by atoms with van der Waals surface area (Å²) in [5, 5.41) is 3.46. The number of epoxide rings is 1. The van der Waals surface area contributed by atoms with Gasteiger partial charge in [-0.2, -0.15) is 0 Å². The highest BCUT2D eigenvalue weighted by Gasteiger charge is 2.37. The molecular formula is C16H33NO. The van der Waals surface area contributed by atoms with Crippen LogP contribution in [0.1, 0.15) is 84.5 Å². The number of unbranched alkanes of at least 4 members (excludes halogenated alkanes) is 8. The second kappa shape index (κ2) is 10.8. The molecule has 1 heterocycles. The molecule has 108 valence electrons. The molecular weight excluding hydrogens is 222 g/mol. The minimum atomic E-state index is 0.390. The Bertz CT molecular complexity index is 184. The molecule has 0 radical (unpaired) electrons. The van der Waals surface area contributed by atoms with Gasteiger partial charge < -0.3 is 4.74 Å². The summed E-state index contributed by atoms with van der Waals surface area (Å²) >= 11 is 0. The lowest BCUT2D eigenvalue weighted by Crippen LogP contribution is -2.20. The van der Waals surface area contributed by atoms with Crippen LogP contribution in [0.4, 0.5) is 0 Å². The number of rotatable bonds is 13. The lowest BCUT2D eigenvalue weighted by Gasteiger charge is -2.01. The molecule has 0 amide bonds. The largest absolute Gasteiger partial charge is 0.353 e. The van der Waals surface area contributed by atoms with Gasteiger partial charge >= 0.3 is 0 Å². The van der Waals surface area contributed by atoms with E-state index in [0.717, 1.165) is 6.54 Å². The van der Waals surface area contributed by atoms with E-state index in [9.17, 15) is 0 Å². The molecule has 1 aliphatic rings. The Morgan fingerprint density at radius 3 is 2.06 bits per heavy atom. The lowest BCUT2D eigenvalue weighted by molar-refractivity contribution is 0.336. The molecule has 18 heavy (non-hydrogen) atoms. The van der Waals surface area contributed by atoms with Crippen molar-refractivity contribution in [3.8, 4) is 0 Å². The number of ether oxygens (including phenoxy) is 1. The van der Waals surface area contributed by atoms with Crippen LogP contribution in [0.2, 0.25) is 0 Å². The summed E-state index contributed by atoms with van der Waals surface area (Å²) in [6, 6.07) is 0. The third kappa shape index (κ3) is 8.10. The molecule has 0 aromatic carbocycles. The zero-order chi connectivity index (χ0) is 13.1. The standard InChI is InChI=1S/C16H33NO/c1-3-5-7-8-9-10-11-12-13-15-16(18-15)17-14-6-4-2/h15-17H,3-14H2,1-2H3. The Labute approximate surface area is 114 Å². The number of hydrogen-bond acceptors (Lipinski definition) is 2. The fourth-order valence-corrected chi connectivity index (χ4v) is 2.44. The van der Waals surface area contributed by atoms with E-state index in [2.05, 4.69) is 19.2 Å². The van der Waals surface area contributed by atoms with E-state index in [4.69, 9.17) is 4.74 Å². The van der Waals surface area contributed by atoms with Crippen molar-refractivity contribution in [3.05, 3.63) is 0 Å². The van der Waals surface area contributed by atoms with E-state index in [1.807, 2.05) is 0 Å². The summed E-state index contributed by atoms with van der Waals surface area (Å²) in [6.45, 7) is 5.63. The van der Waals surface area contributed by atoms with Crippen LogP contribution in [-0.2, 0) is 4.74 Å². The van der Waals surface area contributed by atoms with Crippen LogP contribution in [0.25, 0.3) is 0 Å². The summed E-state index contributed by atoms with van der Waals surface area (Å²) in [5.41, 5.74) is 0. The fourth-order valence-electron chi connectivity index (χ4n) is 2.44. The predicted molar refractivity (Wildman–Crippen MR) is 78.8 cm³/mol. The van der Waals surface area contributed by atoms with Crippen molar-refractivity contribution in [2.24, 2.45) is 0 Å². The third-order valence-electron chi connectivity index (χ3n) is 3.80. The van der Waals surface area contributed by atoms with Crippen LogP contribution in [0.15, 0.2) is 0 Å². The predicted octanol–water partition coefficient (Wildman–Crippen LogP) is 4.63. The molecule has 1 aliphatic heterocycles. The van der Waals surface area contributed by atoms with Gasteiger partial charge in [0.1, 0.15) is 6.23 Å². The van der Waals surface area contributed by atoms with Crippen LogP contribution in [-0.4, -0.2) is 18.9 Å². The van der Waals surface area contributed by atoms with Crippen molar-refractivity contribution in [1.29, 1.82) is 0 Å². The van der Waals surface area contributed by atoms with E-state index in [1.165, 1.54) is 70.6 Å². The molecule has 0 aliphatic carbocycles. The highest BCUT2D eigenvalue weighted by Crippen LogP contribution is 2.25. The van der Waals surface area contributed by atoms with Crippen LogP contribution in [0.3, 0.4) is 0 Å². The van der Waals surface area contributed by atoms with Gasteiger partial charge in [-0.1, -0.05) is 71.6 Å². The maximum absolute atomic E-state index is 5.61. The summed E-state index contributed by atoms with van der Waals surface area (Å²) in [6.07, 6.45) is 16.0. The Kier molecular flexibility index (Phi) is 9.59. The Hall–Kier alpha value is -0.0800. The van der Waals surface area contributed by atoms with E-state index in [1.54, 1.807) is 0 Å². The molecule has 1 saturated heterocycles. The number of hydrogen-bond donors (Lipinski definition) is 1. The summed E-state index contributed by atoms with van der Waals surface area (Å²) < 4.78 is 5.61. The SMILES string of the molecule is CCCCCCCCCCC1OC1NCCCC. The topological polar surface area (TPSA) is 24.6 Å². The van der Waals surface area contributed by atoms with Crippen LogP contribution >= 0.6 is 0 Å². The fraction of sp³-hybridized carbons (Fsp3) is 1.00. The first-order chi connectivity index (χ1) is 8.88. The Balaban J connectivity index is 1.74. The van der Waals surface area contributed by atoms with Gasteiger partial charge in [0.15, 0.2) is 0 Å². The zero-order valence-electron chi connectivity index (χ0n) is 12.5. The quantitative estimate of drug-likeness (QED) is 0.383. The molecule has 1 N–H and O–H groups in total. The minimum Gasteiger partial charge on any atom is -0.353 e. The van der Waals surface area contributed by atoms with Gasteiger partial charge in [-0.05, 0) is 19.4 Å². The maximum Gasteiger partial charge on any atom is 0.135 e. The van der Waals surface area contributed by atoms with Gasteiger partial charge in [-0.25, -0.2) is 0 Å². The van der Waals surface area contributed by atoms with Crippen molar-refractivity contribution in [2.75, 3.05) is 6.54 Å². The number of nitrogens with one attached hydrogen (secondary N) is 1. The molecule has 2 atom stereocenters. The average molecular weight is 255 g/mol. The summed E-state index contributed by atoms with van der Waals surface area (Å²) in [4.78, 5) is 0. The second-order valence-corrected chi connectivity index (χ2v) is 5.67. The monoisotopic (exact) mass is 255 g/mol. The first kappa shape index (κ1) is 16.0. The minimum absolute atomic E-state index is 0.390. The van der Waals surface area contributed by atoms with E-state index in [-0.39, 0.29) is 0 Å². The van der Waals surface area contributed by atoms with Gasteiger partial charge in [0.05, 0.1) is 6.10 Å². The molecule has 2 nitrogen and oxygen atoms in total. The van der Waals surface area contributed by atoms with Crippen LogP contribution in [0, 0.1) is 0 Å². The molecule has 0 saturated carbocycles. The van der Waals surface area contributed by atoms with E-state index < -0.39 is 0 Å². The zero-order valence-corrected chi connectivity index (χ0v) is 12.5. The van der Waals surface area contributed by atoms with Crippen LogP contribution in [0.5, 0.6) is 0 Å². The van der Waals surface area contributed by atoms with Gasteiger partial charge in [0.2, 0.25) is 0 Å². The molecule has 1 rings (SSSR count). The molecule has 0 bridgehead atoms. The third-order valence-corrected chi connectivity index (χ3v) is 3.80. The van der Waals surface area contributed by atoms with Crippen molar-refractivity contribution in [2.45, 2.75) is 96.8 Å². The first-order valence-corrected chi connectivity index (χ1v) is 8.27. The molecule has 2 unspecified atom stereocenters. The van der Waals surface area contributed by atoms with Gasteiger partial charge in [-0.3, -0.25) is 5.32 Å². The Morgan fingerprint density at radius 2 is 1.39 bits per heavy atom. The smallest absolute Gasteiger partial charge is 0.135 e. The van der Waals surface area contributed by atoms with E-state index in [0.29, 0.717) is 12.3 Å². The molecule has 0 aromatic heterocycles. The molecule has 0 spiro atoms. The maximum atomic E-state index is 5.61. The van der Waals surface area contributed by atoms with Gasteiger partial charge in [0, 0.05) is 0 Å². The summed E-state index contributed by atoms with van der Waals surface area (Å²) in [7, 11) is 0. The Morgan fingerprint density at radius 1 is 0.778 bits per heavy atom. The van der Waals surface area contributed by atoms with Crippen molar-refractivity contribution >= 4 is 0 Å². The second-order valence-electron chi connectivity index (χ2n) is 5.67. The summed E-state index contributed by atoms with van der Waals surface area (Å²) in [5.74, 6) is 0. The van der Waals surface area contributed by atoms with Crippen molar-refractivity contribution in [1.82, 2.24) is 5.32 Å². The highest BCUT2D eigenvalue weighted by molar-refractivity contribution is 4.82. The molecule has 1 fully saturated rings. The average Bonchev–Trinajstić information content (AvgIpc) is 3.12. The van der Waals surface area contributed by atoms with Gasteiger partial charge in [-0.15, -0.1) is 0 Å². The highest BCUT2D eigenvalue weighted by atomic mass is 16.6. The van der Waals surface area contributed by atoms with E-state index >= 15 is 0 Å². The van der Waals surface area contributed by atoms with Crippen molar-refractivity contribution in [3.63, 3.8) is 0 Å². The first-order valence-electron chi connectivity index (χ1n) is 8.27. The normalized spacial score (nSPS) is 22.3. The van der Waals surface area contributed by atoms with Gasteiger partial charge in [0.25, 0.3) is 0 Å².